The molecule has 0 radical (unpaired) electrons. The van der Waals surface area contributed by atoms with Gasteiger partial charge < -0.3 is 4.90 Å². The highest BCUT2D eigenvalue weighted by atomic mass is 15.1. The maximum Gasteiger partial charge on any atom is 0.0512 e. The summed E-state index contributed by atoms with van der Waals surface area (Å²) in [7, 11) is 0. The van der Waals surface area contributed by atoms with Gasteiger partial charge in [-0.25, -0.2) is 0 Å². The third-order valence-corrected chi connectivity index (χ3v) is 14.5. The molecule has 12 aromatic rings. The van der Waals surface area contributed by atoms with Crippen molar-refractivity contribution in [2.45, 2.75) is 12.3 Å². The van der Waals surface area contributed by atoms with Crippen LogP contribution >= 0.6 is 0 Å². The molecule has 0 N–H and O–H groups in total. The highest BCUT2D eigenvalue weighted by Gasteiger charge is 2.43. The zero-order chi connectivity index (χ0) is 44.5. The van der Waals surface area contributed by atoms with Crippen LogP contribution in [-0.4, -0.2) is 0 Å². The molecule has 1 nitrogen and oxygen atoms in total. The zero-order valence-electron chi connectivity index (χ0n) is 37.2. The topological polar surface area (TPSA) is 3.24 Å². The second-order valence-corrected chi connectivity index (χ2v) is 18.1. The van der Waals surface area contributed by atoms with Crippen LogP contribution < -0.4 is 4.90 Å². The second kappa shape index (κ2) is 15.6. The van der Waals surface area contributed by atoms with Crippen LogP contribution in [0, 0.1) is 0 Å². The average molecular weight is 852 g/mol. The van der Waals surface area contributed by atoms with Crippen molar-refractivity contribution in [3.05, 3.63) is 271 Å². The Labute approximate surface area is 391 Å². The number of nitrogens with zero attached hydrogens (tertiary/aromatic N) is 1. The lowest BCUT2D eigenvalue weighted by atomic mass is 9.73. The molecule has 0 heterocycles. The van der Waals surface area contributed by atoms with Crippen molar-refractivity contribution in [1.29, 1.82) is 0 Å². The summed E-state index contributed by atoms with van der Waals surface area (Å²) < 4.78 is 0. The minimum absolute atomic E-state index is 0.422. The van der Waals surface area contributed by atoms with E-state index in [9.17, 15) is 0 Å². The first-order valence-electron chi connectivity index (χ1n) is 23.3. The summed E-state index contributed by atoms with van der Waals surface area (Å²) in [6.07, 6.45) is 0. The van der Waals surface area contributed by atoms with Gasteiger partial charge in [0, 0.05) is 16.8 Å². The number of anilines is 3. The van der Waals surface area contributed by atoms with Crippen molar-refractivity contribution in [2.75, 3.05) is 4.90 Å². The molecule has 0 bridgehead atoms. The second-order valence-electron chi connectivity index (χ2n) is 18.1. The lowest BCUT2D eigenvalue weighted by Crippen LogP contribution is -2.25. The van der Waals surface area contributed by atoms with E-state index in [2.05, 4.69) is 267 Å². The smallest absolute Gasteiger partial charge is 0.0512 e. The van der Waals surface area contributed by atoms with Crippen LogP contribution in [0.4, 0.5) is 17.1 Å². The van der Waals surface area contributed by atoms with Crippen LogP contribution in [0.5, 0.6) is 0 Å². The molecule has 0 aliphatic heterocycles. The van der Waals surface area contributed by atoms with Crippen LogP contribution in [0.15, 0.2) is 255 Å². The van der Waals surface area contributed by atoms with E-state index in [0.717, 1.165) is 17.1 Å². The maximum absolute atomic E-state index is 2.53. The van der Waals surface area contributed by atoms with Crippen molar-refractivity contribution < 1.29 is 0 Å². The summed E-state index contributed by atoms with van der Waals surface area (Å²) in [4.78, 5) is 2.53. The molecule has 1 aliphatic rings. The number of rotatable bonds is 7. The largest absolute Gasteiger partial charge is 0.310 e. The molecular formula is C66H45N. The van der Waals surface area contributed by atoms with Crippen LogP contribution in [0.25, 0.3) is 87.6 Å². The van der Waals surface area contributed by atoms with E-state index in [-0.39, 0.29) is 0 Å². The molecule has 1 aliphatic carbocycles. The Hall–Kier alpha value is -8.52. The molecule has 0 fully saturated rings. The van der Waals surface area contributed by atoms with E-state index in [1.807, 2.05) is 0 Å². The molecule has 0 aromatic heterocycles. The molecule has 0 spiro atoms. The summed E-state index contributed by atoms with van der Waals surface area (Å²) in [5.74, 6) is 0. The van der Waals surface area contributed by atoms with Gasteiger partial charge in [0.1, 0.15) is 0 Å². The monoisotopic (exact) mass is 851 g/mol. The van der Waals surface area contributed by atoms with Crippen LogP contribution in [0.3, 0.4) is 0 Å². The predicted molar refractivity (Wildman–Crippen MR) is 285 cm³/mol. The summed E-state index contributed by atoms with van der Waals surface area (Å²) in [6, 6.07) is 94.3. The molecule has 0 saturated carbocycles. The predicted octanol–water partition coefficient (Wildman–Crippen LogP) is 18.1. The molecular weight excluding hydrogens is 807 g/mol. The van der Waals surface area contributed by atoms with Gasteiger partial charge in [-0.05, 0) is 148 Å². The molecule has 1 heteroatoms. The summed E-state index contributed by atoms with van der Waals surface area (Å²) in [5, 5.41) is 9.99. The van der Waals surface area contributed by atoms with E-state index < -0.39 is 5.41 Å². The highest BCUT2D eigenvalue weighted by Crippen LogP contribution is 2.57. The van der Waals surface area contributed by atoms with Gasteiger partial charge in [0.05, 0.1) is 5.69 Å². The molecule has 0 amide bonds. The van der Waals surface area contributed by atoms with Crippen LogP contribution in [-0.2, 0) is 5.41 Å². The summed E-state index contributed by atoms with van der Waals surface area (Å²) >= 11 is 0. The lowest BCUT2D eigenvalue weighted by Gasteiger charge is -2.35. The Bertz CT molecular complexity index is 3850. The number of hydrogen-bond acceptors (Lipinski definition) is 1. The van der Waals surface area contributed by atoms with E-state index in [1.54, 1.807) is 0 Å². The minimum atomic E-state index is -0.422. The first kappa shape index (κ1) is 38.9. The third kappa shape index (κ3) is 6.09. The molecule has 314 valence electrons. The summed E-state index contributed by atoms with van der Waals surface area (Å²) in [5.41, 5.74) is 16.7. The van der Waals surface area contributed by atoms with Crippen molar-refractivity contribution in [3.63, 3.8) is 0 Å². The normalized spacial score (nSPS) is 14.1. The Morgan fingerprint density at radius 1 is 0.313 bits per heavy atom. The van der Waals surface area contributed by atoms with E-state index in [0.29, 0.717) is 0 Å². The van der Waals surface area contributed by atoms with E-state index in [4.69, 9.17) is 0 Å². The minimum Gasteiger partial charge on any atom is -0.310 e. The molecule has 67 heavy (non-hydrogen) atoms. The lowest BCUT2D eigenvalue weighted by molar-refractivity contribution is 0.714. The Kier molecular flexibility index (Phi) is 9.05. The zero-order valence-corrected chi connectivity index (χ0v) is 37.2. The average Bonchev–Trinajstić information content (AvgIpc) is 3.68. The van der Waals surface area contributed by atoms with Gasteiger partial charge in [0.25, 0.3) is 0 Å². The Morgan fingerprint density at radius 2 is 0.836 bits per heavy atom. The fourth-order valence-corrected chi connectivity index (χ4v) is 11.5. The Morgan fingerprint density at radius 3 is 1.55 bits per heavy atom. The Balaban J connectivity index is 1.10. The first-order chi connectivity index (χ1) is 33.1. The molecule has 13 rings (SSSR count). The summed E-state index contributed by atoms with van der Waals surface area (Å²) in [6.45, 7) is 2.43. The number of benzene rings is 12. The van der Waals surface area contributed by atoms with Crippen molar-refractivity contribution in [1.82, 2.24) is 0 Å². The van der Waals surface area contributed by atoms with Crippen LogP contribution in [0.2, 0.25) is 0 Å². The quantitative estimate of drug-likeness (QED) is 0.144. The van der Waals surface area contributed by atoms with Gasteiger partial charge in [-0.2, -0.15) is 0 Å². The molecule has 1 unspecified atom stereocenters. The van der Waals surface area contributed by atoms with Crippen molar-refractivity contribution in [2.24, 2.45) is 0 Å². The third-order valence-electron chi connectivity index (χ3n) is 14.5. The first-order valence-corrected chi connectivity index (χ1v) is 23.3. The van der Waals surface area contributed by atoms with Crippen LogP contribution in [0.1, 0.15) is 23.6 Å². The van der Waals surface area contributed by atoms with E-state index >= 15 is 0 Å². The van der Waals surface area contributed by atoms with Crippen molar-refractivity contribution in [3.8, 4) is 44.5 Å². The van der Waals surface area contributed by atoms with Gasteiger partial charge in [-0.15, -0.1) is 0 Å². The van der Waals surface area contributed by atoms with Gasteiger partial charge in [-0.3, -0.25) is 0 Å². The standard InChI is InChI=1S/C66H45N/c1-66(48-25-9-4-10-26-48)61-34-18-17-31-56(61)58-33-19-35-62(65(58)66)67(49-38-36-44(37-39-49)59-42-47-24-11-12-27-51(47)52-28-13-14-30-54(52)59)50-40-41-55-53-29-15-16-32-57(53)63(45-20-5-2-6-21-45)64(60(55)43-50)46-22-7-3-8-23-46/h2-43H,1H3. The highest BCUT2D eigenvalue weighted by molar-refractivity contribution is 6.22. The van der Waals surface area contributed by atoms with Gasteiger partial charge in [-0.1, -0.05) is 218 Å². The number of fused-ring (bicyclic) bond motifs is 9. The molecule has 0 saturated heterocycles. The maximum atomic E-state index is 2.53. The van der Waals surface area contributed by atoms with E-state index in [1.165, 1.54) is 104 Å². The SMILES string of the molecule is CC1(c2ccccc2)c2ccccc2-c2cccc(N(c3ccc(-c4cc5ccccc5c5ccccc45)cc3)c3ccc4c(c3)c(-c3ccccc3)c(-c3ccccc3)c3ccccc34)c21. The number of hydrogen-bond donors (Lipinski definition) is 0. The fraction of sp³-hybridized carbons (Fsp3) is 0.0303. The van der Waals surface area contributed by atoms with Gasteiger partial charge >= 0.3 is 0 Å². The molecule has 1 atom stereocenters. The van der Waals surface area contributed by atoms with Gasteiger partial charge in [0.15, 0.2) is 0 Å². The fourth-order valence-electron chi connectivity index (χ4n) is 11.5. The van der Waals surface area contributed by atoms with Gasteiger partial charge in [0.2, 0.25) is 0 Å². The molecule has 12 aromatic carbocycles. The van der Waals surface area contributed by atoms with Crippen molar-refractivity contribution >= 4 is 60.2 Å².